The third-order valence-corrected chi connectivity index (χ3v) is 2.68. The van der Waals surface area contributed by atoms with Crippen LogP contribution in [0.2, 0.25) is 5.02 Å². The Morgan fingerprint density at radius 1 is 1.35 bits per heavy atom. The van der Waals surface area contributed by atoms with Gasteiger partial charge in [0.25, 0.3) is 0 Å². The summed E-state index contributed by atoms with van der Waals surface area (Å²) in [4.78, 5) is 4.09. The molecule has 1 aromatic carbocycles. The molecule has 0 fully saturated rings. The van der Waals surface area contributed by atoms with Gasteiger partial charge in [-0.2, -0.15) is 4.98 Å². The molecule has 0 amide bonds. The van der Waals surface area contributed by atoms with Gasteiger partial charge in [-0.25, -0.2) is 4.39 Å². The zero-order valence-electron chi connectivity index (χ0n) is 8.79. The molecular formula is C11H9Cl2FN2O. The van der Waals surface area contributed by atoms with Crippen LogP contribution < -0.4 is 0 Å². The minimum Gasteiger partial charge on any atom is -0.339 e. The van der Waals surface area contributed by atoms with Crippen molar-refractivity contribution in [1.29, 1.82) is 0 Å². The number of nitrogens with zero attached hydrogens (tertiary/aromatic N) is 2. The molecule has 0 unspecified atom stereocenters. The highest BCUT2D eigenvalue weighted by atomic mass is 35.5. The number of rotatable bonds is 4. The number of hydrogen-bond acceptors (Lipinski definition) is 3. The monoisotopic (exact) mass is 274 g/mol. The predicted molar refractivity (Wildman–Crippen MR) is 62.9 cm³/mol. The maximum absolute atomic E-state index is 13.6. The first-order chi connectivity index (χ1) is 8.20. The summed E-state index contributed by atoms with van der Waals surface area (Å²) in [7, 11) is 0. The van der Waals surface area contributed by atoms with Gasteiger partial charge in [-0.05, 0) is 11.6 Å². The number of hydrogen-bond donors (Lipinski definition) is 0. The van der Waals surface area contributed by atoms with Gasteiger partial charge in [-0.3, -0.25) is 0 Å². The Hall–Kier alpha value is -1.13. The molecule has 2 aromatic rings. The van der Waals surface area contributed by atoms with Gasteiger partial charge in [0.2, 0.25) is 5.89 Å². The van der Waals surface area contributed by atoms with E-state index in [4.69, 9.17) is 27.7 Å². The first-order valence-electron chi connectivity index (χ1n) is 5.01. The van der Waals surface area contributed by atoms with Gasteiger partial charge < -0.3 is 4.52 Å². The summed E-state index contributed by atoms with van der Waals surface area (Å²) in [5, 5.41) is 3.84. The summed E-state index contributed by atoms with van der Waals surface area (Å²) in [6.45, 7) is 0. The summed E-state index contributed by atoms with van der Waals surface area (Å²) < 4.78 is 18.5. The quantitative estimate of drug-likeness (QED) is 0.804. The Morgan fingerprint density at radius 2 is 2.18 bits per heavy atom. The van der Waals surface area contributed by atoms with Crippen LogP contribution in [0.5, 0.6) is 0 Å². The fraction of sp³-hybridized carbons (Fsp3) is 0.273. The first-order valence-corrected chi connectivity index (χ1v) is 5.92. The lowest BCUT2D eigenvalue weighted by atomic mass is 10.1. The normalized spacial score (nSPS) is 10.8. The molecule has 0 bridgehead atoms. The fourth-order valence-electron chi connectivity index (χ4n) is 1.40. The minimum absolute atomic E-state index is 0.0898. The summed E-state index contributed by atoms with van der Waals surface area (Å²) in [5.74, 6) is 0.842. The number of aromatic nitrogens is 2. The largest absolute Gasteiger partial charge is 0.339 e. The molecule has 3 nitrogen and oxygen atoms in total. The van der Waals surface area contributed by atoms with E-state index >= 15 is 0 Å². The maximum Gasteiger partial charge on any atom is 0.227 e. The van der Waals surface area contributed by atoms with E-state index in [0.29, 0.717) is 29.6 Å². The lowest BCUT2D eigenvalue weighted by molar-refractivity contribution is 0.377. The molecule has 1 heterocycles. The molecule has 2 rings (SSSR count). The van der Waals surface area contributed by atoms with Crippen molar-refractivity contribution in [3.63, 3.8) is 0 Å². The van der Waals surface area contributed by atoms with Crippen LogP contribution in [-0.2, 0) is 12.8 Å². The van der Waals surface area contributed by atoms with E-state index in [0.717, 1.165) is 0 Å². The minimum atomic E-state index is -0.446. The molecule has 0 aliphatic rings. The van der Waals surface area contributed by atoms with Crippen molar-refractivity contribution in [2.24, 2.45) is 0 Å². The van der Waals surface area contributed by atoms with Gasteiger partial charge in [0.05, 0.1) is 5.02 Å². The third-order valence-electron chi connectivity index (χ3n) is 2.20. The number of benzene rings is 1. The molecule has 0 saturated carbocycles. The van der Waals surface area contributed by atoms with Crippen LogP contribution in [0.25, 0.3) is 0 Å². The van der Waals surface area contributed by atoms with Gasteiger partial charge >= 0.3 is 0 Å². The van der Waals surface area contributed by atoms with Gasteiger partial charge in [0.15, 0.2) is 5.82 Å². The van der Waals surface area contributed by atoms with Gasteiger partial charge in [0.1, 0.15) is 5.82 Å². The van der Waals surface area contributed by atoms with Crippen LogP contribution in [0.1, 0.15) is 17.3 Å². The van der Waals surface area contributed by atoms with Crippen LogP contribution in [0.3, 0.4) is 0 Å². The van der Waals surface area contributed by atoms with Crippen LogP contribution in [0.15, 0.2) is 22.7 Å². The van der Waals surface area contributed by atoms with Crippen molar-refractivity contribution in [1.82, 2.24) is 10.1 Å². The third kappa shape index (κ3) is 2.96. The Labute approximate surface area is 108 Å². The predicted octanol–water partition coefficient (Wildman–Crippen LogP) is 3.23. The fourth-order valence-corrected chi connectivity index (χ4v) is 1.76. The summed E-state index contributed by atoms with van der Waals surface area (Å²) in [6.07, 6.45) is 0.755. The molecule has 0 N–H and O–H groups in total. The Balaban J connectivity index is 2.16. The lowest BCUT2D eigenvalue weighted by Gasteiger charge is -2.00. The second kappa shape index (κ2) is 5.47. The Kier molecular flexibility index (Phi) is 3.97. The molecule has 0 aliphatic heterocycles. The second-order valence-corrected chi connectivity index (χ2v) is 4.22. The van der Waals surface area contributed by atoms with E-state index in [-0.39, 0.29) is 11.4 Å². The number of aryl methyl sites for hydroxylation is 1. The van der Waals surface area contributed by atoms with Crippen LogP contribution in [0, 0.1) is 5.82 Å². The number of halogens is 3. The Morgan fingerprint density at radius 3 is 2.94 bits per heavy atom. The summed E-state index contributed by atoms with van der Waals surface area (Å²) in [6, 6.07) is 4.81. The zero-order chi connectivity index (χ0) is 12.3. The zero-order valence-corrected chi connectivity index (χ0v) is 10.3. The Bertz CT molecular complexity index is 516. The van der Waals surface area contributed by atoms with E-state index in [1.807, 2.05) is 0 Å². The molecule has 90 valence electrons. The van der Waals surface area contributed by atoms with Crippen molar-refractivity contribution >= 4 is 23.2 Å². The maximum atomic E-state index is 13.6. The topological polar surface area (TPSA) is 38.9 Å². The van der Waals surface area contributed by atoms with Crippen LogP contribution in [-0.4, -0.2) is 16.0 Å². The summed E-state index contributed by atoms with van der Waals surface area (Å²) >= 11 is 11.2. The van der Waals surface area contributed by atoms with E-state index in [1.165, 1.54) is 6.07 Å². The van der Waals surface area contributed by atoms with Crippen LogP contribution in [0.4, 0.5) is 4.39 Å². The molecule has 0 saturated heterocycles. The highest BCUT2D eigenvalue weighted by Crippen LogP contribution is 2.19. The molecule has 1 aromatic heterocycles. The van der Waals surface area contributed by atoms with Crippen molar-refractivity contribution < 1.29 is 8.91 Å². The molecular weight excluding hydrogens is 266 g/mol. The van der Waals surface area contributed by atoms with Gasteiger partial charge in [0, 0.05) is 18.7 Å². The smallest absolute Gasteiger partial charge is 0.227 e. The van der Waals surface area contributed by atoms with Crippen LogP contribution >= 0.6 is 23.2 Å². The second-order valence-electron chi connectivity index (χ2n) is 3.43. The first kappa shape index (κ1) is 12.3. The molecule has 0 spiro atoms. The number of alkyl halides is 1. The van der Waals surface area contributed by atoms with Crippen molar-refractivity contribution in [2.75, 3.05) is 5.88 Å². The highest BCUT2D eigenvalue weighted by Gasteiger charge is 2.11. The van der Waals surface area contributed by atoms with E-state index in [2.05, 4.69) is 10.1 Å². The lowest BCUT2D eigenvalue weighted by Crippen LogP contribution is -1.95. The van der Waals surface area contributed by atoms with E-state index in [9.17, 15) is 4.39 Å². The van der Waals surface area contributed by atoms with Crippen molar-refractivity contribution in [2.45, 2.75) is 12.8 Å². The van der Waals surface area contributed by atoms with Gasteiger partial charge in [-0.1, -0.05) is 28.9 Å². The average molecular weight is 275 g/mol. The van der Waals surface area contributed by atoms with E-state index < -0.39 is 5.82 Å². The standard InChI is InChI=1S/C11H9Cl2FN2O/c12-5-4-10-15-9(16-17-10)6-7-2-1-3-8(13)11(7)14/h1-3H,4-6H2. The SMILES string of the molecule is Fc1c(Cl)cccc1Cc1noc(CCCl)n1. The molecule has 0 atom stereocenters. The molecule has 6 heteroatoms. The molecule has 0 aliphatic carbocycles. The van der Waals surface area contributed by atoms with E-state index in [1.54, 1.807) is 12.1 Å². The molecule has 17 heavy (non-hydrogen) atoms. The van der Waals surface area contributed by atoms with Gasteiger partial charge in [-0.15, -0.1) is 11.6 Å². The average Bonchev–Trinajstić information content (AvgIpc) is 2.73. The summed E-state index contributed by atoms with van der Waals surface area (Å²) in [5.41, 5.74) is 0.440. The van der Waals surface area contributed by atoms with Crippen molar-refractivity contribution in [3.8, 4) is 0 Å². The molecule has 0 radical (unpaired) electrons. The highest BCUT2D eigenvalue weighted by molar-refractivity contribution is 6.30. The van der Waals surface area contributed by atoms with Crippen molar-refractivity contribution in [3.05, 3.63) is 46.3 Å².